The van der Waals surface area contributed by atoms with E-state index >= 15 is 0 Å². The summed E-state index contributed by atoms with van der Waals surface area (Å²) in [6.07, 6.45) is 2.70. The molecule has 0 saturated heterocycles. The van der Waals surface area contributed by atoms with Gasteiger partial charge in [-0.05, 0) is 34.9 Å². The van der Waals surface area contributed by atoms with Crippen LogP contribution in [0.3, 0.4) is 0 Å². The number of hydrogen-bond acceptors (Lipinski definition) is 2. The van der Waals surface area contributed by atoms with Crippen LogP contribution in [-0.2, 0) is 6.42 Å². The fourth-order valence-electron chi connectivity index (χ4n) is 1.96. The molecule has 3 heteroatoms. The van der Waals surface area contributed by atoms with Crippen molar-refractivity contribution < 1.29 is 4.74 Å². The van der Waals surface area contributed by atoms with Crippen LogP contribution in [0.25, 0.3) is 11.1 Å². The summed E-state index contributed by atoms with van der Waals surface area (Å²) in [7, 11) is 0. The molecule has 2 aromatic rings. The van der Waals surface area contributed by atoms with Gasteiger partial charge in [0.2, 0.25) is 5.56 Å². The first-order chi connectivity index (χ1) is 7.83. The van der Waals surface area contributed by atoms with Gasteiger partial charge in [0.05, 0.1) is 6.61 Å². The first kappa shape index (κ1) is 9.21. The minimum absolute atomic E-state index is 0.0757. The van der Waals surface area contributed by atoms with Crippen molar-refractivity contribution in [3.63, 3.8) is 0 Å². The number of rotatable bonds is 1. The molecule has 1 aliphatic heterocycles. The standard InChI is InChI=1S/C13H11NO2/c15-13-4-2-11(8-14-13)9-1-3-12-10(7-9)5-6-16-12/h1-4,7-8H,5-6H2,(H,14,15). The summed E-state index contributed by atoms with van der Waals surface area (Å²) in [4.78, 5) is 13.6. The third kappa shape index (κ3) is 1.50. The molecule has 16 heavy (non-hydrogen) atoms. The first-order valence-corrected chi connectivity index (χ1v) is 5.28. The molecule has 0 bridgehead atoms. The van der Waals surface area contributed by atoms with Crippen LogP contribution in [0.4, 0.5) is 0 Å². The number of nitrogens with one attached hydrogen (secondary N) is 1. The highest BCUT2D eigenvalue weighted by Crippen LogP contribution is 2.29. The molecule has 0 amide bonds. The highest BCUT2D eigenvalue weighted by atomic mass is 16.5. The summed E-state index contributed by atoms with van der Waals surface area (Å²) in [5, 5.41) is 0. The van der Waals surface area contributed by atoms with Crippen LogP contribution >= 0.6 is 0 Å². The molecular weight excluding hydrogens is 202 g/mol. The zero-order chi connectivity index (χ0) is 11.0. The van der Waals surface area contributed by atoms with Crippen LogP contribution in [0.1, 0.15) is 5.56 Å². The number of aromatic amines is 1. The van der Waals surface area contributed by atoms with Gasteiger partial charge in [-0.2, -0.15) is 0 Å². The average Bonchev–Trinajstić information content (AvgIpc) is 2.77. The fraction of sp³-hybridized carbons (Fsp3) is 0.154. The van der Waals surface area contributed by atoms with Crippen LogP contribution < -0.4 is 10.3 Å². The number of pyridine rings is 1. The third-order valence-corrected chi connectivity index (χ3v) is 2.81. The van der Waals surface area contributed by atoms with Crippen molar-refractivity contribution in [2.24, 2.45) is 0 Å². The van der Waals surface area contributed by atoms with Crippen molar-refractivity contribution in [3.05, 3.63) is 52.4 Å². The van der Waals surface area contributed by atoms with Gasteiger partial charge in [-0.25, -0.2) is 0 Å². The van der Waals surface area contributed by atoms with Gasteiger partial charge < -0.3 is 9.72 Å². The molecule has 80 valence electrons. The fourth-order valence-corrected chi connectivity index (χ4v) is 1.96. The molecule has 0 saturated carbocycles. The molecule has 0 aliphatic carbocycles. The molecule has 1 N–H and O–H groups in total. The van der Waals surface area contributed by atoms with Crippen molar-refractivity contribution in [3.8, 4) is 16.9 Å². The van der Waals surface area contributed by atoms with Crippen LogP contribution in [-0.4, -0.2) is 11.6 Å². The molecule has 3 nitrogen and oxygen atoms in total. The van der Waals surface area contributed by atoms with E-state index in [-0.39, 0.29) is 5.56 Å². The number of aromatic nitrogens is 1. The summed E-state index contributed by atoms with van der Waals surface area (Å²) >= 11 is 0. The van der Waals surface area contributed by atoms with Gasteiger partial charge in [0.25, 0.3) is 0 Å². The zero-order valence-electron chi connectivity index (χ0n) is 8.69. The molecule has 0 radical (unpaired) electrons. The lowest BCUT2D eigenvalue weighted by Crippen LogP contribution is -2.01. The van der Waals surface area contributed by atoms with E-state index < -0.39 is 0 Å². The van der Waals surface area contributed by atoms with E-state index in [9.17, 15) is 4.79 Å². The van der Waals surface area contributed by atoms with Gasteiger partial charge in [-0.15, -0.1) is 0 Å². The van der Waals surface area contributed by atoms with E-state index in [1.807, 2.05) is 18.2 Å². The molecule has 1 aliphatic rings. The van der Waals surface area contributed by atoms with E-state index in [1.54, 1.807) is 12.3 Å². The second-order valence-electron chi connectivity index (χ2n) is 3.86. The smallest absolute Gasteiger partial charge is 0.247 e. The van der Waals surface area contributed by atoms with E-state index in [0.717, 1.165) is 29.9 Å². The Hall–Kier alpha value is -2.03. The highest BCUT2D eigenvalue weighted by molar-refractivity contribution is 5.65. The summed E-state index contributed by atoms with van der Waals surface area (Å²) in [6.45, 7) is 0.768. The maximum atomic E-state index is 11.0. The summed E-state index contributed by atoms with van der Waals surface area (Å²) in [5.74, 6) is 0.980. The van der Waals surface area contributed by atoms with Gasteiger partial charge in [0.1, 0.15) is 5.75 Å². The molecule has 2 heterocycles. The highest BCUT2D eigenvalue weighted by Gasteiger charge is 2.12. The van der Waals surface area contributed by atoms with Crippen molar-refractivity contribution in [2.45, 2.75) is 6.42 Å². The summed E-state index contributed by atoms with van der Waals surface area (Å²) < 4.78 is 5.45. The lowest BCUT2D eigenvalue weighted by Gasteiger charge is -2.03. The quantitative estimate of drug-likeness (QED) is 0.787. The van der Waals surface area contributed by atoms with Crippen LogP contribution in [0.15, 0.2) is 41.3 Å². The van der Waals surface area contributed by atoms with E-state index in [4.69, 9.17) is 4.74 Å². The van der Waals surface area contributed by atoms with E-state index in [1.165, 1.54) is 5.56 Å². The second-order valence-corrected chi connectivity index (χ2v) is 3.86. The summed E-state index contributed by atoms with van der Waals surface area (Å²) in [5.41, 5.74) is 3.30. The number of benzene rings is 1. The largest absolute Gasteiger partial charge is 0.493 e. The lowest BCUT2D eigenvalue weighted by atomic mass is 10.0. The molecule has 0 atom stereocenters. The minimum atomic E-state index is -0.0757. The van der Waals surface area contributed by atoms with Crippen LogP contribution in [0, 0.1) is 0 Å². The van der Waals surface area contributed by atoms with Gasteiger partial charge >= 0.3 is 0 Å². The Morgan fingerprint density at radius 2 is 2.00 bits per heavy atom. The molecular formula is C13H11NO2. The van der Waals surface area contributed by atoms with Crippen molar-refractivity contribution in [2.75, 3.05) is 6.61 Å². The average molecular weight is 213 g/mol. The topological polar surface area (TPSA) is 42.1 Å². The number of hydrogen-bond donors (Lipinski definition) is 1. The minimum Gasteiger partial charge on any atom is -0.493 e. The lowest BCUT2D eigenvalue weighted by molar-refractivity contribution is 0.357. The Morgan fingerprint density at radius 3 is 2.81 bits per heavy atom. The Bertz CT molecular complexity index is 566. The van der Waals surface area contributed by atoms with E-state index in [2.05, 4.69) is 11.1 Å². The number of H-pyrrole nitrogens is 1. The van der Waals surface area contributed by atoms with Crippen LogP contribution in [0.5, 0.6) is 5.75 Å². The molecule has 3 rings (SSSR count). The first-order valence-electron chi connectivity index (χ1n) is 5.28. The predicted octanol–water partition coefficient (Wildman–Crippen LogP) is 1.98. The zero-order valence-corrected chi connectivity index (χ0v) is 8.69. The Kier molecular flexibility index (Phi) is 2.03. The Balaban J connectivity index is 2.07. The van der Waals surface area contributed by atoms with Crippen LogP contribution in [0.2, 0.25) is 0 Å². The van der Waals surface area contributed by atoms with Gasteiger partial charge in [0.15, 0.2) is 0 Å². The summed E-state index contributed by atoms with van der Waals surface area (Å²) in [6, 6.07) is 9.49. The van der Waals surface area contributed by atoms with E-state index in [0.29, 0.717) is 0 Å². The SMILES string of the molecule is O=c1ccc(-c2ccc3c(c2)CCO3)c[nH]1. The molecule has 0 spiro atoms. The monoisotopic (exact) mass is 213 g/mol. The molecule has 1 aromatic carbocycles. The third-order valence-electron chi connectivity index (χ3n) is 2.81. The number of fused-ring (bicyclic) bond motifs is 1. The van der Waals surface area contributed by atoms with Gasteiger partial charge in [-0.1, -0.05) is 6.07 Å². The Labute approximate surface area is 92.7 Å². The predicted molar refractivity (Wildman–Crippen MR) is 61.7 cm³/mol. The molecule has 1 aromatic heterocycles. The van der Waals surface area contributed by atoms with Gasteiger partial charge in [0, 0.05) is 18.7 Å². The van der Waals surface area contributed by atoms with Crippen molar-refractivity contribution in [1.29, 1.82) is 0 Å². The van der Waals surface area contributed by atoms with Gasteiger partial charge in [-0.3, -0.25) is 4.79 Å². The maximum Gasteiger partial charge on any atom is 0.247 e. The maximum absolute atomic E-state index is 11.0. The Morgan fingerprint density at radius 1 is 1.12 bits per heavy atom. The molecule has 0 unspecified atom stereocenters. The van der Waals surface area contributed by atoms with Crippen molar-refractivity contribution >= 4 is 0 Å². The van der Waals surface area contributed by atoms with Crippen molar-refractivity contribution in [1.82, 2.24) is 4.98 Å². The molecule has 0 fully saturated rings. The number of ether oxygens (including phenoxy) is 1. The second kappa shape index (κ2) is 3.52. The normalized spacial score (nSPS) is 13.2.